The zero-order valence-corrected chi connectivity index (χ0v) is 12.3. The zero-order valence-electron chi connectivity index (χ0n) is 12.3. The summed E-state index contributed by atoms with van der Waals surface area (Å²) in [5, 5.41) is 15.2. The lowest BCUT2D eigenvalue weighted by Gasteiger charge is -2.32. The lowest BCUT2D eigenvalue weighted by atomic mass is 9.77. The molecule has 1 saturated carbocycles. The number of nitrogens with two attached hydrogens (primary N) is 1. The largest absolute Gasteiger partial charge is 0.409 e. The molecule has 4 N–H and O–H groups in total. The van der Waals surface area contributed by atoms with Crippen LogP contribution in [0.4, 0.5) is 0 Å². The van der Waals surface area contributed by atoms with Crippen LogP contribution in [0.5, 0.6) is 0 Å². The summed E-state index contributed by atoms with van der Waals surface area (Å²) >= 11 is 0. The molecule has 0 radical (unpaired) electrons. The van der Waals surface area contributed by atoms with Crippen LogP contribution in [0.3, 0.4) is 0 Å². The summed E-state index contributed by atoms with van der Waals surface area (Å²) in [6.45, 7) is 6.05. The fourth-order valence-electron chi connectivity index (χ4n) is 2.73. The predicted octanol–water partition coefficient (Wildman–Crippen LogP) is 2.23. The minimum atomic E-state index is -0.860. The summed E-state index contributed by atoms with van der Waals surface area (Å²) in [5.74, 6) is 0.541. The fraction of sp³-hybridized carbons (Fsp3) is 0.857. The van der Waals surface area contributed by atoms with E-state index < -0.39 is 5.41 Å². The van der Waals surface area contributed by atoms with E-state index in [4.69, 9.17) is 10.9 Å². The van der Waals surface area contributed by atoms with Gasteiger partial charge in [-0.3, -0.25) is 4.79 Å². The average molecular weight is 269 g/mol. The molecular formula is C14H27N3O2. The van der Waals surface area contributed by atoms with Gasteiger partial charge in [-0.2, -0.15) is 0 Å². The van der Waals surface area contributed by atoms with Crippen LogP contribution in [-0.4, -0.2) is 23.0 Å². The molecule has 0 spiro atoms. The van der Waals surface area contributed by atoms with Gasteiger partial charge in [-0.25, -0.2) is 0 Å². The van der Waals surface area contributed by atoms with Crippen molar-refractivity contribution in [3.05, 3.63) is 0 Å². The maximum absolute atomic E-state index is 12.6. The van der Waals surface area contributed by atoms with Gasteiger partial charge in [0.2, 0.25) is 5.91 Å². The van der Waals surface area contributed by atoms with Gasteiger partial charge in [0, 0.05) is 6.04 Å². The predicted molar refractivity (Wildman–Crippen MR) is 76.0 cm³/mol. The third-order valence-corrected chi connectivity index (χ3v) is 4.07. The van der Waals surface area contributed by atoms with E-state index in [0.717, 1.165) is 12.8 Å². The van der Waals surface area contributed by atoms with Crippen molar-refractivity contribution in [2.75, 3.05) is 0 Å². The Morgan fingerprint density at radius 3 is 2.32 bits per heavy atom. The Hall–Kier alpha value is -1.26. The second kappa shape index (κ2) is 6.78. The zero-order chi connectivity index (χ0) is 14.5. The highest BCUT2D eigenvalue weighted by atomic mass is 16.4. The number of hydrogen-bond acceptors (Lipinski definition) is 3. The molecule has 1 fully saturated rings. The van der Waals surface area contributed by atoms with Crippen molar-refractivity contribution in [1.82, 2.24) is 5.32 Å². The normalized spacial score (nSPS) is 18.2. The Bertz CT molecular complexity index is 332. The topological polar surface area (TPSA) is 87.7 Å². The highest BCUT2D eigenvalue weighted by Gasteiger charge is 2.43. The molecular weight excluding hydrogens is 242 g/mol. The van der Waals surface area contributed by atoms with Crippen molar-refractivity contribution in [2.24, 2.45) is 22.2 Å². The van der Waals surface area contributed by atoms with E-state index >= 15 is 0 Å². The van der Waals surface area contributed by atoms with Crippen molar-refractivity contribution >= 4 is 11.7 Å². The molecule has 19 heavy (non-hydrogen) atoms. The quantitative estimate of drug-likeness (QED) is 0.273. The lowest BCUT2D eigenvalue weighted by Crippen LogP contribution is -2.52. The fourth-order valence-corrected chi connectivity index (χ4v) is 2.73. The van der Waals surface area contributed by atoms with Gasteiger partial charge in [-0.1, -0.05) is 31.8 Å². The van der Waals surface area contributed by atoms with Gasteiger partial charge in [-0.05, 0) is 38.5 Å². The smallest absolute Gasteiger partial charge is 0.234 e. The third-order valence-electron chi connectivity index (χ3n) is 4.07. The molecule has 1 atom stereocenters. The molecule has 1 unspecified atom stereocenters. The summed E-state index contributed by atoms with van der Waals surface area (Å²) in [4.78, 5) is 12.6. The van der Waals surface area contributed by atoms with Crippen molar-refractivity contribution in [1.29, 1.82) is 0 Å². The Labute approximate surface area is 115 Å². The molecule has 0 aromatic carbocycles. The Kier molecular flexibility index (Phi) is 5.63. The third kappa shape index (κ3) is 3.61. The van der Waals surface area contributed by atoms with Crippen LogP contribution in [0, 0.1) is 11.3 Å². The molecule has 1 aliphatic carbocycles. The van der Waals surface area contributed by atoms with Crippen LogP contribution in [0.1, 0.15) is 59.3 Å². The molecule has 0 aliphatic heterocycles. The average Bonchev–Trinajstić information content (AvgIpc) is 3.21. The van der Waals surface area contributed by atoms with Gasteiger partial charge in [-0.15, -0.1) is 0 Å². The molecule has 1 rings (SSSR count). The first kappa shape index (κ1) is 15.8. The lowest BCUT2D eigenvalue weighted by molar-refractivity contribution is -0.129. The molecule has 0 bridgehead atoms. The van der Waals surface area contributed by atoms with Crippen molar-refractivity contribution in [3.63, 3.8) is 0 Å². The van der Waals surface area contributed by atoms with Crippen molar-refractivity contribution in [2.45, 2.75) is 65.3 Å². The number of amidine groups is 1. The number of oxime groups is 1. The minimum absolute atomic E-state index is 0.0386. The molecule has 0 aromatic heterocycles. The Morgan fingerprint density at radius 1 is 1.42 bits per heavy atom. The molecule has 5 nitrogen and oxygen atoms in total. The van der Waals surface area contributed by atoms with Crippen LogP contribution < -0.4 is 11.1 Å². The van der Waals surface area contributed by atoms with Gasteiger partial charge in [0.05, 0.1) is 0 Å². The first-order valence-corrected chi connectivity index (χ1v) is 7.30. The summed E-state index contributed by atoms with van der Waals surface area (Å²) in [6.07, 6.45) is 5.22. The molecule has 5 heteroatoms. The monoisotopic (exact) mass is 269 g/mol. The summed E-state index contributed by atoms with van der Waals surface area (Å²) < 4.78 is 0. The van der Waals surface area contributed by atoms with Gasteiger partial charge < -0.3 is 16.3 Å². The van der Waals surface area contributed by atoms with Crippen LogP contribution in [0.25, 0.3) is 0 Å². The molecule has 1 aliphatic rings. The Balaban J connectivity index is 2.88. The maximum atomic E-state index is 12.6. The maximum Gasteiger partial charge on any atom is 0.234 e. The van der Waals surface area contributed by atoms with Gasteiger partial charge in [0.1, 0.15) is 5.41 Å². The molecule has 1 amide bonds. The van der Waals surface area contributed by atoms with Crippen LogP contribution in [-0.2, 0) is 4.79 Å². The second-order valence-electron chi connectivity index (χ2n) is 5.67. The number of rotatable bonds is 8. The van der Waals surface area contributed by atoms with Crippen LogP contribution in [0.15, 0.2) is 5.16 Å². The molecule has 0 heterocycles. The van der Waals surface area contributed by atoms with E-state index in [0.29, 0.717) is 18.8 Å². The van der Waals surface area contributed by atoms with E-state index in [1.165, 1.54) is 12.8 Å². The van der Waals surface area contributed by atoms with Crippen LogP contribution in [0.2, 0.25) is 0 Å². The number of hydrogen-bond donors (Lipinski definition) is 3. The first-order chi connectivity index (χ1) is 9.01. The van der Waals surface area contributed by atoms with E-state index in [-0.39, 0.29) is 17.8 Å². The van der Waals surface area contributed by atoms with E-state index in [2.05, 4.69) is 10.5 Å². The van der Waals surface area contributed by atoms with Crippen molar-refractivity contribution < 1.29 is 10.0 Å². The SMILES string of the molecule is CCCC(CCC)(C(=O)NC(C)C1CC1)C(N)=NO. The van der Waals surface area contributed by atoms with E-state index in [9.17, 15) is 4.79 Å². The summed E-state index contributed by atoms with van der Waals surface area (Å²) in [5.41, 5.74) is 4.97. The molecule has 110 valence electrons. The van der Waals surface area contributed by atoms with Gasteiger partial charge in [0.25, 0.3) is 0 Å². The Morgan fingerprint density at radius 2 is 1.95 bits per heavy atom. The van der Waals surface area contributed by atoms with E-state index in [1.807, 2.05) is 20.8 Å². The summed E-state index contributed by atoms with van der Waals surface area (Å²) in [6, 6.07) is 0.173. The first-order valence-electron chi connectivity index (χ1n) is 7.30. The van der Waals surface area contributed by atoms with Crippen LogP contribution >= 0.6 is 0 Å². The van der Waals surface area contributed by atoms with Gasteiger partial charge in [0.15, 0.2) is 5.84 Å². The van der Waals surface area contributed by atoms with Gasteiger partial charge >= 0.3 is 0 Å². The molecule has 0 saturated heterocycles. The number of carbonyl (C=O) groups is 1. The minimum Gasteiger partial charge on any atom is -0.409 e. The number of carbonyl (C=O) groups excluding carboxylic acids is 1. The van der Waals surface area contributed by atoms with Crippen molar-refractivity contribution in [3.8, 4) is 0 Å². The number of nitrogens with zero attached hydrogens (tertiary/aromatic N) is 1. The summed E-state index contributed by atoms with van der Waals surface area (Å²) in [7, 11) is 0. The number of nitrogens with one attached hydrogen (secondary N) is 1. The standard InChI is InChI=1S/C14H27N3O2/c1-4-8-14(9-5-2,12(15)17-19)13(18)16-10(3)11-6-7-11/h10-11,19H,4-9H2,1-3H3,(H2,15,17)(H,16,18). The molecule has 0 aromatic rings. The number of amides is 1. The van der Waals surface area contributed by atoms with E-state index in [1.54, 1.807) is 0 Å². The highest BCUT2D eigenvalue weighted by molar-refractivity contribution is 6.06. The highest BCUT2D eigenvalue weighted by Crippen LogP contribution is 2.35. The second-order valence-corrected chi connectivity index (χ2v) is 5.67.